The number of fused-ring (bicyclic) bond motifs is 3. The first-order chi connectivity index (χ1) is 19.4. The molecule has 12 nitrogen and oxygen atoms in total. The second-order valence-electron chi connectivity index (χ2n) is 13.1. The van der Waals surface area contributed by atoms with Crippen molar-refractivity contribution in [2.45, 2.75) is 58.3 Å². The van der Waals surface area contributed by atoms with E-state index in [0.29, 0.717) is 23.1 Å². The number of amides is 3. The molecule has 8 atom stereocenters. The SMILES string of the molecule is CC(C)[C@H]1C(O)[C@@H](C(N)=O)C(=O)[C@]2(O)C(O)[C@H]3C(=O)c4c(O)c(NC(=O)NCCBr)cc(N(C)C)c4C[C@]3(C)C[C@]12C. The summed E-state index contributed by atoms with van der Waals surface area (Å²) in [6.45, 7) is 7.30. The maximum absolute atomic E-state index is 14.4. The Balaban J connectivity index is 1.93. The number of halogens is 1. The van der Waals surface area contributed by atoms with E-state index in [9.17, 15) is 39.6 Å². The van der Waals surface area contributed by atoms with Crippen LogP contribution in [0.5, 0.6) is 5.75 Å². The summed E-state index contributed by atoms with van der Waals surface area (Å²) in [7, 11) is 3.51. The number of nitrogens with two attached hydrogens (primary N) is 1. The number of ketones is 2. The van der Waals surface area contributed by atoms with E-state index >= 15 is 0 Å². The third kappa shape index (κ3) is 4.42. The van der Waals surface area contributed by atoms with Gasteiger partial charge in [0.05, 0.1) is 23.3 Å². The van der Waals surface area contributed by atoms with Crippen molar-refractivity contribution in [3.05, 3.63) is 17.2 Å². The molecule has 13 heteroatoms. The number of alkyl halides is 1. The van der Waals surface area contributed by atoms with E-state index in [-0.39, 0.29) is 30.0 Å². The molecule has 2 saturated carbocycles. The molecule has 0 radical (unpaired) electrons. The van der Waals surface area contributed by atoms with Crippen molar-refractivity contribution in [1.82, 2.24) is 5.32 Å². The first-order valence-corrected chi connectivity index (χ1v) is 15.1. The van der Waals surface area contributed by atoms with Gasteiger partial charge in [-0.15, -0.1) is 0 Å². The lowest BCUT2D eigenvalue weighted by atomic mass is 9.39. The quantitative estimate of drug-likeness (QED) is 0.134. The zero-order chi connectivity index (χ0) is 31.7. The Bertz CT molecular complexity index is 1340. The molecule has 0 aromatic heterocycles. The van der Waals surface area contributed by atoms with E-state index in [1.807, 2.05) is 0 Å². The molecule has 2 unspecified atom stereocenters. The van der Waals surface area contributed by atoms with Crippen molar-refractivity contribution in [3.63, 3.8) is 0 Å². The van der Waals surface area contributed by atoms with E-state index in [0.717, 1.165) is 0 Å². The van der Waals surface area contributed by atoms with Gasteiger partial charge in [-0.3, -0.25) is 14.4 Å². The monoisotopic (exact) mass is 652 g/mol. The van der Waals surface area contributed by atoms with Gasteiger partial charge < -0.3 is 41.7 Å². The van der Waals surface area contributed by atoms with Gasteiger partial charge in [0.25, 0.3) is 0 Å². The lowest BCUT2D eigenvalue weighted by Gasteiger charge is -2.66. The van der Waals surface area contributed by atoms with E-state index in [2.05, 4.69) is 26.6 Å². The molecule has 2 fully saturated rings. The summed E-state index contributed by atoms with van der Waals surface area (Å²) >= 11 is 3.22. The molecule has 232 valence electrons. The first-order valence-electron chi connectivity index (χ1n) is 14.0. The fourth-order valence-electron chi connectivity index (χ4n) is 8.40. The van der Waals surface area contributed by atoms with Gasteiger partial charge in [-0.05, 0) is 41.7 Å². The number of aliphatic hydroxyl groups is 3. The van der Waals surface area contributed by atoms with Crippen molar-refractivity contribution in [1.29, 1.82) is 0 Å². The zero-order valence-corrected chi connectivity index (χ0v) is 26.3. The highest BCUT2D eigenvalue weighted by atomic mass is 79.9. The van der Waals surface area contributed by atoms with Crippen molar-refractivity contribution in [2.75, 3.05) is 36.2 Å². The Hall–Kier alpha value is -2.74. The molecule has 3 aliphatic carbocycles. The third-order valence-corrected chi connectivity index (χ3v) is 10.3. The molecular formula is C29H41BrN4O8. The van der Waals surface area contributed by atoms with Crippen LogP contribution < -0.4 is 21.3 Å². The maximum atomic E-state index is 14.4. The van der Waals surface area contributed by atoms with Gasteiger partial charge in [0.1, 0.15) is 17.8 Å². The van der Waals surface area contributed by atoms with Crippen LogP contribution in [0.15, 0.2) is 6.07 Å². The number of phenols is 1. The van der Waals surface area contributed by atoms with Crippen LogP contribution in [0.4, 0.5) is 16.2 Å². The first kappa shape index (κ1) is 32.2. The van der Waals surface area contributed by atoms with Gasteiger partial charge in [-0.1, -0.05) is 43.6 Å². The fraction of sp³-hybridized carbons (Fsp3) is 0.655. The van der Waals surface area contributed by atoms with Gasteiger partial charge in [0.15, 0.2) is 17.2 Å². The summed E-state index contributed by atoms with van der Waals surface area (Å²) in [6, 6.07) is 0.965. The number of carbonyl (C=O) groups is 4. The Morgan fingerprint density at radius 1 is 1.21 bits per heavy atom. The molecule has 3 aliphatic rings. The Morgan fingerprint density at radius 2 is 1.83 bits per heavy atom. The summed E-state index contributed by atoms with van der Waals surface area (Å²) in [5.74, 6) is -7.75. The number of carbonyl (C=O) groups excluding carboxylic acids is 4. The highest BCUT2D eigenvalue weighted by Gasteiger charge is 2.76. The number of benzene rings is 1. The number of aromatic hydroxyl groups is 1. The Kier molecular flexibility index (Phi) is 8.24. The van der Waals surface area contributed by atoms with Crippen molar-refractivity contribution in [2.24, 2.45) is 40.2 Å². The minimum absolute atomic E-state index is 0.0270. The second kappa shape index (κ2) is 10.8. The van der Waals surface area contributed by atoms with Gasteiger partial charge in [0, 0.05) is 37.1 Å². The van der Waals surface area contributed by atoms with Crippen LogP contribution in [0.3, 0.4) is 0 Å². The van der Waals surface area contributed by atoms with Gasteiger partial charge in [0.2, 0.25) is 5.91 Å². The normalized spacial score (nSPS) is 35.6. The molecule has 1 aromatic carbocycles. The average Bonchev–Trinajstić information content (AvgIpc) is 2.85. The maximum Gasteiger partial charge on any atom is 0.319 e. The molecule has 42 heavy (non-hydrogen) atoms. The lowest BCUT2D eigenvalue weighted by molar-refractivity contribution is -0.265. The Labute approximate surface area is 253 Å². The average molecular weight is 654 g/mol. The number of hydrogen-bond donors (Lipinski definition) is 7. The van der Waals surface area contributed by atoms with Crippen molar-refractivity contribution in [3.8, 4) is 5.75 Å². The number of Topliss-reactive ketones (excluding diaryl/α,β-unsaturated/α-hetero) is 2. The Morgan fingerprint density at radius 3 is 2.36 bits per heavy atom. The van der Waals surface area contributed by atoms with E-state index < -0.39 is 75.6 Å². The summed E-state index contributed by atoms with van der Waals surface area (Å²) in [6.07, 6.45) is -3.26. The van der Waals surface area contributed by atoms with Crippen LogP contribution in [-0.2, 0) is 16.0 Å². The number of phenolic OH excluding ortho intramolecular Hbond substituents is 1. The largest absolute Gasteiger partial charge is 0.505 e. The van der Waals surface area contributed by atoms with E-state index in [4.69, 9.17) is 5.73 Å². The lowest BCUT2D eigenvalue weighted by Crippen LogP contribution is -2.79. The smallest absolute Gasteiger partial charge is 0.319 e. The van der Waals surface area contributed by atoms with Crippen molar-refractivity contribution < 1.29 is 39.6 Å². The predicted molar refractivity (Wildman–Crippen MR) is 159 cm³/mol. The van der Waals surface area contributed by atoms with Crippen LogP contribution in [0.1, 0.15) is 50.0 Å². The molecule has 0 bridgehead atoms. The van der Waals surface area contributed by atoms with E-state index in [1.54, 1.807) is 52.8 Å². The minimum atomic E-state index is -2.59. The number of nitrogens with one attached hydrogen (secondary N) is 2. The number of urea groups is 1. The second-order valence-corrected chi connectivity index (χ2v) is 13.9. The topological polar surface area (TPSA) is 203 Å². The van der Waals surface area contributed by atoms with Crippen LogP contribution in [0, 0.1) is 34.5 Å². The zero-order valence-electron chi connectivity index (χ0n) is 24.7. The molecule has 0 spiro atoms. The summed E-state index contributed by atoms with van der Waals surface area (Å²) < 4.78 is 0. The number of rotatable bonds is 6. The third-order valence-electron chi connectivity index (χ3n) is 9.87. The summed E-state index contributed by atoms with van der Waals surface area (Å²) in [4.78, 5) is 54.7. The van der Waals surface area contributed by atoms with Crippen molar-refractivity contribution >= 4 is 50.8 Å². The van der Waals surface area contributed by atoms with Crippen LogP contribution >= 0.6 is 15.9 Å². The van der Waals surface area contributed by atoms with Crippen LogP contribution in [-0.4, -0.2) is 87.7 Å². The molecule has 3 amide bonds. The number of primary amides is 1. The molecular weight excluding hydrogens is 612 g/mol. The van der Waals surface area contributed by atoms with Gasteiger partial charge in [-0.2, -0.15) is 0 Å². The molecule has 8 N–H and O–H groups in total. The standard InChI is InChI=1S/C29H41BrN4O8/c1-12(2)18-22(37)17(25(31)40)23(38)29(42)24(39)19-21(36)16-13(10-27(19,3)11-28(18,29)4)15(34(5)6)9-14(20(16)35)33-26(41)32-8-7-30/h9,12,17-19,22,24,35,37,39,42H,7-8,10-11H2,1-6H3,(H2,31,40)(H2,32,33,41)/t17-,18+,19-,22?,24?,27-,28-,29+/m1/s1. The molecule has 0 heterocycles. The molecule has 1 aromatic rings. The summed E-state index contributed by atoms with van der Waals surface area (Å²) in [5.41, 5.74) is 1.35. The van der Waals surface area contributed by atoms with Gasteiger partial charge >= 0.3 is 6.03 Å². The number of aliphatic hydroxyl groups excluding tert-OH is 2. The molecule has 4 rings (SSSR count). The van der Waals surface area contributed by atoms with Crippen LogP contribution in [0.25, 0.3) is 0 Å². The number of anilines is 2. The number of hydrogen-bond acceptors (Lipinski definition) is 9. The van der Waals surface area contributed by atoms with Gasteiger partial charge in [-0.25, -0.2) is 4.79 Å². The molecule has 0 aliphatic heterocycles. The summed E-state index contributed by atoms with van der Waals surface area (Å²) in [5, 5.41) is 52.4. The minimum Gasteiger partial charge on any atom is -0.505 e. The highest BCUT2D eigenvalue weighted by molar-refractivity contribution is 9.09. The highest BCUT2D eigenvalue weighted by Crippen LogP contribution is 2.66. The molecule has 0 saturated heterocycles. The predicted octanol–water partition coefficient (Wildman–Crippen LogP) is 1.16. The fourth-order valence-corrected chi connectivity index (χ4v) is 8.60. The van der Waals surface area contributed by atoms with E-state index in [1.165, 1.54) is 0 Å². The number of nitrogens with zero attached hydrogens (tertiary/aromatic N) is 1. The van der Waals surface area contributed by atoms with Crippen LogP contribution in [0.2, 0.25) is 0 Å².